The molecule has 2 amide bonds. The van der Waals surface area contributed by atoms with Crippen LogP contribution in [-0.4, -0.2) is 36.3 Å². The van der Waals surface area contributed by atoms with E-state index < -0.39 is 6.04 Å². The van der Waals surface area contributed by atoms with E-state index in [1.54, 1.807) is 12.1 Å². The third-order valence-electron chi connectivity index (χ3n) is 4.55. The van der Waals surface area contributed by atoms with Crippen LogP contribution in [0.1, 0.15) is 46.1 Å². The van der Waals surface area contributed by atoms with E-state index in [1.165, 1.54) is 18.4 Å². The highest BCUT2D eigenvalue weighted by Gasteiger charge is 2.22. The minimum Gasteiger partial charge on any atom is -0.469 e. The van der Waals surface area contributed by atoms with Crippen LogP contribution in [0.15, 0.2) is 41.8 Å². The number of likely N-dealkylation sites (tertiary alicyclic amines) is 1. The molecule has 2 aromatic rings. The average molecular weight is 386 g/mol. The molecule has 0 radical (unpaired) electrons. The third-order valence-corrected chi connectivity index (χ3v) is 5.54. The first-order valence-corrected chi connectivity index (χ1v) is 9.72. The van der Waals surface area contributed by atoms with Crippen LogP contribution in [0, 0.1) is 0 Å². The lowest BCUT2D eigenvalue weighted by molar-refractivity contribution is -0.141. The molecule has 7 heteroatoms. The van der Waals surface area contributed by atoms with Gasteiger partial charge in [0.25, 0.3) is 5.91 Å². The smallest absolute Gasteiger partial charge is 0.307 e. The summed E-state index contributed by atoms with van der Waals surface area (Å²) in [6.07, 6.45) is 1.60. The minimum absolute atomic E-state index is 0.0813. The van der Waals surface area contributed by atoms with Crippen molar-refractivity contribution < 1.29 is 19.1 Å². The molecule has 3 rings (SSSR count). The van der Waals surface area contributed by atoms with Gasteiger partial charge in [0.05, 0.1) is 19.6 Å². The van der Waals surface area contributed by atoms with Gasteiger partial charge in [-0.05, 0) is 35.6 Å². The van der Waals surface area contributed by atoms with Crippen molar-refractivity contribution in [3.8, 4) is 0 Å². The standard InChI is InChI=1S/C20H22N2O4S/c1-26-19(24)12-16(17-4-3-11-27-17)21-20(25)15-8-6-14(7-9-15)13-22-10-2-5-18(22)23/h3-4,6-9,11,16H,2,5,10,12-13H2,1H3,(H,21,25). The average Bonchev–Trinajstić information content (AvgIpc) is 3.34. The van der Waals surface area contributed by atoms with Crippen LogP contribution in [0.25, 0.3) is 0 Å². The van der Waals surface area contributed by atoms with Crippen LogP contribution in [0.3, 0.4) is 0 Å². The number of thiophene rings is 1. The Bertz CT molecular complexity index is 802. The fourth-order valence-corrected chi connectivity index (χ4v) is 3.83. The summed E-state index contributed by atoms with van der Waals surface area (Å²) in [5, 5.41) is 4.81. The Balaban J connectivity index is 1.65. The van der Waals surface area contributed by atoms with Crippen LogP contribution >= 0.6 is 11.3 Å². The fraction of sp³-hybridized carbons (Fsp3) is 0.350. The summed E-state index contributed by atoms with van der Waals surface area (Å²) in [4.78, 5) is 38.7. The number of benzene rings is 1. The number of methoxy groups -OCH3 is 1. The maximum atomic E-state index is 12.6. The van der Waals surface area contributed by atoms with Gasteiger partial charge in [0.1, 0.15) is 0 Å². The molecule has 27 heavy (non-hydrogen) atoms. The molecule has 1 N–H and O–H groups in total. The number of nitrogens with one attached hydrogen (secondary N) is 1. The van der Waals surface area contributed by atoms with Gasteiger partial charge in [-0.2, -0.15) is 0 Å². The second-order valence-electron chi connectivity index (χ2n) is 6.44. The van der Waals surface area contributed by atoms with Gasteiger partial charge in [0.2, 0.25) is 5.91 Å². The number of ether oxygens (including phenoxy) is 1. The van der Waals surface area contributed by atoms with Gasteiger partial charge in [0.15, 0.2) is 0 Å². The lowest BCUT2D eigenvalue weighted by atomic mass is 10.1. The molecule has 1 fully saturated rings. The summed E-state index contributed by atoms with van der Waals surface area (Å²) in [6.45, 7) is 1.36. The van der Waals surface area contributed by atoms with Crippen molar-refractivity contribution in [2.75, 3.05) is 13.7 Å². The van der Waals surface area contributed by atoms with E-state index in [-0.39, 0.29) is 24.2 Å². The lowest BCUT2D eigenvalue weighted by Crippen LogP contribution is -2.30. The van der Waals surface area contributed by atoms with Crippen molar-refractivity contribution in [2.45, 2.75) is 31.8 Å². The quantitative estimate of drug-likeness (QED) is 0.743. The number of amides is 2. The van der Waals surface area contributed by atoms with E-state index in [0.717, 1.165) is 23.4 Å². The largest absolute Gasteiger partial charge is 0.469 e. The van der Waals surface area contributed by atoms with Crippen molar-refractivity contribution in [3.63, 3.8) is 0 Å². The number of carbonyl (C=O) groups is 3. The molecular formula is C20H22N2O4S. The Morgan fingerprint density at radius 1 is 1.26 bits per heavy atom. The predicted molar refractivity (Wildman–Crippen MR) is 102 cm³/mol. The molecule has 0 aliphatic carbocycles. The highest BCUT2D eigenvalue weighted by atomic mass is 32.1. The number of carbonyl (C=O) groups excluding carboxylic acids is 3. The summed E-state index contributed by atoms with van der Waals surface area (Å²) in [6, 6.07) is 10.6. The summed E-state index contributed by atoms with van der Waals surface area (Å²) in [5.41, 5.74) is 1.50. The summed E-state index contributed by atoms with van der Waals surface area (Å²) >= 11 is 1.48. The van der Waals surface area contributed by atoms with Crippen LogP contribution in [0.5, 0.6) is 0 Å². The molecule has 0 saturated carbocycles. The Kier molecular flexibility index (Phi) is 6.24. The number of nitrogens with zero attached hydrogens (tertiary/aromatic N) is 1. The summed E-state index contributed by atoms with van der Waals surface area (Å²) < 4.78 is 4.74. The van der Waals surface area contributed by atoms with Crippen LogP contribution in [0.2, 0.25) is 0 Å². The Labute approximate surface area is 162 Å². The van der Waals surface area contributed by atoms with Gasteiger partial charge in [-0.3, -0.25) is 14.4 Å². The third kappa shape index (κ3) is 4.95. The fourth-order valence-electron chi connectivity index (χ4n) is 3.06. The normalized spacial score (nSPS) is 14.9. The molecule has 1 aromatic heterocycles. The first kappa shape index (κ1) is 19.1. The SMILES string of the molecule is COC(=O)CC(NC(=O)c1ccc(CN2CCCC2=O)cc1)c1cccs1. The number of hydrogen-bond donors (Lipinski definition) is 1. The molecule has 1 aliphatic heterocycles. The van der Waals surface area contributed by atoms with Crippen molar-refractivity contribution in [1.29, 1.82) is 0 Å². The van der Waals surface area contributed by atoms with E-state index in [4.69, 9.17) is 4.74 Å². The second kappa shape index (κ2) is 8.81. The molecule has 0 bridgehead atoms. The van der Waals surface area contributed by atoms with Crippen LogP contribution in [0.4, 0.5) is 0 Å². The molecule has 0 spiro atoms. The van der Waals surface area contributed by atoms with Gasteiger partial charge in [-0.15, -0.1) is 11.3 Å². The van der Waals surface area contributed by atoms with Crippen LogP contribution < -0.4 is 5.32 Å². The molecular weight excluding hydrogens is 364 g/mol. The molecule has 1 aromatic carbocycles. The Morgan fingerprint density at radius 3 is 2.63 bits per heavy atom. The van der Waals surface area contributed by atoms with Crippen molar-refractivity contribution in [3.05, 3.63) is 57.8 Å². The maximum absolute atomic E-state index is 12.6. The minimum atomic E-state index is -0.424. The van der Waals surface area contributed by atoms with Crippen molar-refractivity contribution >= 4 is 29.1 Å². The highest BCUT2D eigenvalue weighted by Crippen LogP contribution is 2.23. The zero-order valence-electron chi connectivity index (χ0n) is 15.1. The topological polar surface area (TPSA) is 75.7 Å². The Morgan fingerprint density at radius 2 is 2.04 bits per heavy atom. The molecule has 6 nitrogen and oxygen atoms in total. The Hall–Kier alpha value is -2.67. The van der Waals surface area contributed by atoms with Crippen molar-refractivity contribution in [1.82, 2.24) is 10.2 Å². The van der Waals surface area contributed by atoms with E-state index in [1.807, 2.05) is 34.5 Å². The maximum Gasteiger partial charge on any atom is 0.307 e. The molecule has 142 valence electrons. The lowest BCUT2D eigenvalue weighted by Gasteiger charge is -2.17. The van der Waals surface area contributed by atoms with E-state index in [9.17, 15) is 14.4 Å². The predicted octanol–water partition coefficient (Wildman–Crippen LogP) is 2.90. The zero-order chi connectivity index (χ0) is 19.2. The first-order chi connectivity index (χ1) is 13.1. The van der Waals surface area contributed by atoms with E-state index in [0.29, 0.717) is 18.5 Å². The van der Waals surface area contributed by atoms with Crippen molar-refractivity contribution in [2.24, 2.45) is 0 Å². The number of esters is 1. The summed E-state index contributed by atoms with van der Waals surface area (Å²) in [7, 11) is 1.33. The second-order valence-corrected chi connectivity index (χ2v) is 7.42. The van der Waals surface area contributed by atoms with Gasteiger partial charge in [-0.1, -0.05) is 18.2 Å². The van der Waals surface area contributed by atoms with Gasteiger partial charge in [-0.25, -0.2) is 0 Å². The van der Waals surface area contributed by atoms with Gasteiger partial charge >= 0.3 is 5.97 Å². The molecule has 1 atom stereocenters. The molecule has 1 saturated heterocycles. The number of hydrogen-bond acceptors (Lipinski definition) is 5. The molecule has 1 aliphatic rings. The van der Waals surface area contributed by atoms with Crippen LogP contribution in [-0.2, 0) is 20.9 Å². The van der Waals surface area contributed by atoms with Gasteiger partial charge in [0, 0.05) is 30.0 Å². The summed E-state index contributed by atoms with van der Waals surface area (Å²) in [5.74, 6) is -0.446. The highest BCUT2D eigenvalue weighted by molar-refractivity contribution is 7.10. The van der Waals surface area contributed by atoms with Gasteiger partial charge < -0.3 is 15.0 Å². The van der Waals surface area contributed by atoms with E-state index >= 15 is 0 Å². The monoisotopic (exact) mass is 386 g/mol. The number of rotatable bonds is 7. The molecule has 2 heterocycles. The van der Waals surface area contributed by atoms with E-state index in [2.05, 4.69) is 5.32 Å². The zero-order valence-corrected chi connectivity index (χ0v) is 16.0. The first-order valence-electron chi connectivity index (χ1n) is 8.84. The molecule has 1 unspecified atom stereocenters.